The first kappa shape index (κ1) is 30.7. The molecule has 1 aliphatic rings. The van der Waals surface area contributed by atoms with Crippen molar-refractivity contribution >= 4 is 29.0 Å². The van der Waals surface area contributed by atoms with Crippen LogP contribution in [0.5, 0.6) is 5.88 Å². The summed E-state index contributed by atoms with van der Waals surface area (Å²) in [5.74, 6) is 2.24. The number of ether oxygens (including phenoxy) is 1. The lowest BCUT2D eigenvalue weighted by Gasteiger charge is -2.22. The van der Waals surface area contributed by atoms with Gasteiger partial charge in [-0.05, 0) is 61.8 Å². The zero-order chi connectivity index (χ0) is 31.1. The predicted octanol–water partition coefficient (Wildman–Crippen LogP) is 5.13. The first-order chi connectivity index (χ1) is 21.4. The third kappa shape index (κ3) is 6.90. The van der Waals surface area contributed by atoms with E-state index in [1.807, 2.05) is 30.7 Å². The number of amides is 1. The van der Waals surface area contributed by atoms with Crippen LogP contribution in [0.3, 0.4) is 0 Å². The first-order valence-electron chi connectivity index (χ1n) is 15.2. The average Bonchev–Trinajstić information content (AvgIpc) is 3.34. The lowest BCUT2D eigenvalue weighted by Crippen LogP contribution is -2.25. The van der Waals surface area contributed by atoms with E-state index in [1.165, 1.54) is 24.6 Å². The van der Waals surface area contributed by atoms with Gasteiger partial charge >= 0.3 is 0 Å². The zero-order valence-corrected chi connectivity index (χ0v) is 26.1. The summed E-state index contributed by atoms with van der Waals surface area (Å²) in [7, 11) is 6.84. The molecule has 0 aromatic carbocycles. The summed E-state index contributed by atoms with van der Waals surface area (Å²) in [5, 5.41) is 4.52. The van der Waals surface area contributed by atoms with Crippen LogP contribution in [0.4, 0.5) is 5.82 Å². The Hall–Kier alpha value is -4.73. The van der Waals surface area contributed by atoms with Gasteiger partial charge in [-0.3, -0.25) is 9.79 Å². The Labute approximate surface area is 259 Å². The number of anilines is 1. The number of methoxy groups -OCH3 is 1. The predicted molar refractivity (Wildman–Crippen MR) is 176 cm³/mol. The molecular weight excluding hydrogens is 552 g/mol. The second kappa shape index (κ2) is 14.2. The van der Waals surface area contributed by atoms with Crippen LogP contribution in [0.15, 0.2) is 66.3 Å². The van der Waals surface area contributed by atoms with Crippen LogP contribution in [0.2, 0.25) is 0 Å². The van der Waals surface area contributed by atoms with Crippen molar-refractivity contribution in [1.29, 1.82) is 0 Å². The Morgan fingerprint density at radius 3 is 2.68 bits per heavy atom. The monoisotopic (exact) mass is 594 g/mol. The highest BCUT2D eigenvalue weighted by atomic mass is 16.5. The lowest BCUT2D eigenvalue weighted by molar-refractivity contribution is 0.0829. The van der Waals surface area contributed by atoms with Crippen molar-refractivity contribution in [2.45, 2.75) is 38.5 Å². The minimum absolute atomic E-state index is 0.108. The highest BCUT2D eigenvalue weighted by molar-refractivity contribution is 6.11. The molecule has 4 aromatic heterocycles. The summed E-state index contributed by atoms with van der Waals surface area (Å²) >= 11 is 0. The molecule has 10 nitrogen and oxygen atoms in total. The van der Waals surface area contributed by atoms with Crippen LogP contribution < -0.4 is 15.4 Å². The van der Waals surface area contributed by atoms with Crippen molar-refractivity contribution in [1.82, 2.24) is 24.5 Å². The maximum atomic E-state index is 13.1. The van der Waals surface area contributed by atoms with E-state index in [0.717, 1.165) is 72.4 Å². The van der Waals surface area contributed by atoms with Crippen molar-refractivity contribution in [2.75, 3.05) is 46.2 Å². The Morgan fingerprint density at radius 1 is 1.14 bits per heavy atom. The van der Waals surface area contributed by atoms with E-state index in [9.17, 15) is 4.79 Å². The van der Waals surface area contributed by atoms with Gasteiger partial charge in [-0.1, -0.05) is 12.5 Å². The molecule has 10 heteroatoms. The number of rotatable bonds is 10. The zero-order valence-electron chi connectivity index (χ0n) is 26.1. The second-order valence-electron chi connectivity index (χ2n) is 11.5. The van der Waals surface area contributed by atoms with Crippen LogP contribution in [-0.2, 0) is 6.42 Å². The van der Waals surface area contributed by atoms with Gasteiger partial charge in [-0.25, -0.2) is 14.5 Å². The molecule has 0 bridgehead atoms. The summed E-state index contributed by atoms with van der Waals surface area (Å²) in [6.07, 6.45) is 17.5. The summed E-state index contributed by atoms with van der Waals surface area (Å²) in [4.78, 5) is 30.4. The molecule has 44 heavy (non-hydrogen) atoms. The molecule has 4 aromatic rings. The number of carbonyl (C=O) groups is 1. The van der Waals surface area contributed by atoms with Gasteiger partial charge < -0.3 is 20.3 Å². The number of hydrogen-bond donors (Lipinski definition) is 1. The second-order valence-corrected chi connectivity index (χ2v) is 11.5. The van der Waals surface area contributed by atoms with Gasteiger partial charge in [0.15, 0.2) is 0 Å². The molecule has 0 radical (unpaired) electrons. The van der Waals surface area contributed by atoms with Crippen LogP contribution in [0, 0.1) is 5.92 Å². The summed E-state index contributed by atoms with van der Waals surface area (Å²) in [6.45, 7) is 1.99. The number of nitrogens with zero attached hydrogens (tertiary/aromatic N) is 7. The summed E-state index contributed by atoms with van der Waals surface area (Å²) < 4.78 is 6.91. The van der Waals surface area contributed by atoms with E-state index in [4.69, 9.17) is 15.5 Å². The van der Waals surface area contributed by atoms with Gasteiger partial charge in [0.1, 0.15) is 5.82 Å². The molecule has 1 unspecified atom stereocenters. The van der Waals surface area contributed by atoms with Crippen molar-refractivity contribution in [2.24, 2.45) is 16.6 Å². The highest BCUT2D eigenvalue weighted by Crippen LogP contribution is 2.32. The molecule has 1 amide bonds. The van der Waals surface area contributed by atoms with E-state index in [2.05, 4.69) is 38.2 Å². The highest BCUT2D eigenvalue weighted by Gasteiger charge is 2.21. The number of nitrogens with two attached hydrogens (primary N) is 1. The van der Waals surface area contributed by atoms with E-state index in [-0.39, 0.29) is 5.91 Å². The number of aromatic nitrogens is 4. The van der Waals surface area contributed by atoms with Gasteiger partial charge in [-0.15, -0.1) is 0 Å². The van der Waals surface area contributed by atoms with E-state index in [0.29, 0.717) is 17.4 Å². The largest absolute Gasteiger partial charge is 0.481 e. The number of aliphatic imine (C=N–C) groups is 1. The minimum Gasteiger partial charge on any atom is -0.481 e. The quantitative estimate of drug-likeness (QED) is 0.253. The first-order valence-corrected chi connectivity index (χ1v) is 15.2. The van der Waals surface area contributed by atoms with Gasteiger partial charge in [0.05, 0.1) is 24.4 Å². The third-order valence-corrected chi connectivity index (χ3v) is 8.34. The van der Waals surface area contributed by atoms with Gasteiger partial charge in [0.2, 0.25) is 5.88 Å². The number of allylic oxidation sites excluding steroid dienone is 1. The molecule has 1 saturated heterocycles. The van der Waals surface area contributed by atoms with Crippen molar-refractivity contribution in [3.05, 3.63) is 78.0 Å². The van der Waals surface area contributed by atoms with Gasteiger partial charge in [0, 0.05) is 93.6 Å². The lowest BCUT2D eigenvalue weighted by atomic mass is 9.93. The van der Waals surface area contributed by atoms with Crippen molar-refractivity contribution < 1.29 is 9.53 Å². The van der Waals surface area contributed by atoms with E-state index in [1.54, 1.807) is 50.1 Å². The summed E-state index contributed by atoms with van der Waals surface area (Å²) in [5.41, 5.74) is 11.8. The average molecular weight is 595 g/mol. The van der Waals surface area contributed by atoms with Crippen LogP contribution in [0.1, 0.15) is 53.6 Å². The molecule has 1 aliphatic heterocycles. The molecule has 0 saturated carbocycles. The molecule has 5 rings (SSSR count). The van der Waals surface area contributed by atoms with Crippen molar-refractivity contribution in [3.8, 4) is 17.0 Å². The fourth-order valence-corrected chi connectivity index (χ4v) is 5.94. The smallest absolute Gasteiger partial charge is 0.257 e. The van der Waals surface area contributed by atoms with Crippen LogP contribution >= 0.6 is 0 Å². The Balaban J connectivity index is 1.32. The molecule has 1 atom stereocenters. The Morgan fingerprint density at radius 2 is 2.00 bits per heavy atom. The molecule has 0 aliphatic carbocycles. The SMILES string of the molecule is CN=CC(=CN)c1cc(-c2ccc(N3CCCC(CCCc4ccc(OC)nc4)CC3)nc2)c2c(C(=O)N(C)C)cnn2c1. The standard InChI is InChI=1S/C34H42N8O2/c1-36-20-28(18-35)27-17-29(33-30(34(43)40(2)3)22-39-42(33)23-27)26-11-12-31(37-21-26)41-15-6-9-24(14-16-41)7-5-8-25-10-13-32(44-4)38-19-25/h10-13,17-24H,5-9,14-16,35H2,1-4H3. The summed E-state index contributed by atoms with van der Waals surface area (Å²) in [6, 6.07) is 10.2. The fraction of sp³-hybridized carbons (Fsp3) is 0.382. The molecule has 1 fully saturated rings. The number of fused-ring (bicyclic) bond motifs is 1. The molecule has 0 spiro atoms. The number of hydrogen-bond acceptors (Lipinski definition) is 8. The Bertz CT molecular complexity index is 1620. The Kier molecular flexibility index (Phi) is 9.89. The molecular formula is C34H42N8O2. The molecule has 2 N–H and O–H groups in total. The van der Waals surface area contributed by atoms with Crippen LogP contribution in [0.25, 0.3) is 22.2 Å². The normalized spacial score (nSPS) is 16.0. The number of carbonyl (C=O) groups excluding carboxylic acids is 1. The molecule has 230 valence electrons. The third-order valence-electron chi connectivity index (χ3n) is 8.34. The minimum atomic E-state index is -0.108. The fourth-order valence-electron chi connectivity index (χ4n) is 5.94. The number of pyridine rings is 3. The van der Waals surface area contributed by atoms with E-state index >= 15 is 0 Å². The molecule has 5 heterocycles. The van der Waals surface area contributed by atoms with Crippen molar-refractivity contribution in [3.63, 3.8) is 0 Å². The van der Waals surface area contributed by atoms with Gasteiger partial charge in [-0.2, -0.15) is 5.10 Å². The van der Waals surface area contributed by atoms with Gasteiger partial charge in [0.25, 0.3) is 5.91 Å². The topological polar surface area (TPSA) is 114 Å². The maximum Gasteiger partial charge on any atom is 0.257 e. The maximum absolute atomic E-state index is 13.1. The van der Waals surface area contributed by atoms with Crippen LogP contribution in [-0.4, -0.2) is 77.9 Å². The number of aryl methyl sites for hydroxylation is 1. The van der Waals surface area contributed by atoms with E-state index < -0.39 is 0 Å².